The summed E-state index contributed by atoms with van der Waals surface area (Å²) in [4.78, 5) is 25.1. The fourth-order valence-electron chi connectivity index (χ4n) is 3.11. The van der Waals surface area contributed by atoms with Crippen molar-refractivity contribution in [3.8, 4) is 0 Å². The van der Waals surface area contributed by atoms with Crippen molar-refractivity contribution < 1.29 is 19.1 Å². The van der Waals surface area contributed by atoms with Crippen LogP contribution in [0.15, 0.2) is 21.6 Å². The van der Waals surface area contributed by atoms with Gasteiger partial charge in [-0.3, -0.25) is 9.59 Å². The summed E-state index contributed by atoms with van der Waals surface area (Å²) in [5.74, 6) is -0.615. The van der Waals surface area contributed by atoms with Gasteiger partial charge in [0.05, 0.1) is 5.92 Å². The smallest absolute Gasteiger partial charge is 0.307 e. The summed E-state index contributed by atoms with van der Waals surface area (Å²) >= 11 is 1.46. The number of rotatable bonds is 3. The largest absolute Gasteiger partial charge is 0.481 e. The van der Waals surface area contributed by atoms with Gasteiger partial charge >= 0.3 is 5.97 Å². The van der Waals surface area contributed by atoms with Crippen molar-refractivity contribution in [2.45, 2.75) is 24.4 Å². The topological polar surface area (TPSA) is 70.8 Å². The van der Waals surface area contributed by atoms with Crippen LogP contribution in [0.5, 0.6) is 0 Å². The molecule has 6 heteroatoms. The number of carbonyl (C=O) groups is 2. The predicted octanol–water partition coefficient (Wildman–Crippen LogP) is 2.33. The number of furan rings is 1. The van der Waals surface area contributed by atoms with Crippen LogP contribution in [0.1, 0.15) is 29.8 Å². The number of aliphatic carboxylic acids is 1. The Bertz CT molecular complexity index is 545. The average molecular weight is 295 g/mol. The van der Waals surface area contributed by atoms with Gasteiger partial charge in [0.2, 0.25) is 0 Å². The van der Waals surface area contributed by atoms with Crippen molar-refractivity contribution >= 4 is 23.6 Å². The van der Waals surface area contributed by atoms with Gasteiger partial charge in [-0.1, -0.05) is 11.8 Å². The van der Waals surface area contributed by atoms with E-state index in [0.29, 0.717) is 18.8 Å². The van der Waals surface area contributed by atoms with Crippen molar-refractivity contribution in [1.82, 2.24) is 4.90 Å². The van der Waals surface area contributed by atoms with Gasteiger partial charge in [-0.15, -0.1) is 0 Å². The van der Waals surface area contributed by atoms with Crippen LogP contribution in [0.2, 0.25) is 0 Å². The summed E-state index contributed by atoms with van der Waals surface area (Å²) in [6.07, 6.45) is 4.23. The van der Waals surface area contributed by atoms with E-state index >= 15 is 0 Å². The first-order chi connectivity index (χ1) is 9.55. The highest BCUT2D eigenvalue weighted by Gasteiger charge is 2.59. The van der Waals surface area contributed by atoms with Gasteiger partial charge in [0.15, 0.2) is 10.9 Å². The van der Waals surface area contributed by atoms with Crippen LogP contribution in [-0.4, -0.2) is 41.2 Å². The molecule has 1 N–H and O–H groups in total. The maximum atomic E-state index is 12.3. The number of likely N-dealkylation sites (tertiary alicyclic amines) is 1. The van der Waals surface area contributed by atoms with Crippen molar-refractivity contribution in [2.24, 2.45) is 11.3 Å². The molecule has 3 rings (SSSR count). The number of hydrogen-bond donors (Lipinski definition) is 1. The van der Waals surface area contributed by atoms with Crippen molar-refractivity contribution in [3.05, 3.63) is 17.9 Å². The van der Waals surface area contributed by atoms with Crippen molar-refractivity contribution in [3.63, 3.8) is 0 Å². The number of hydrogen-bond acceptors (Lipinski definition) is 4. The molecular formula is C14H17NO4S. The maximum absolute atomic E-state index is 12.3. The van der Waals surface area contributed by atoms with E-state index in [1.54, 1.807) is 17.0 Å². The van der Waals surface area contributed by atoms with E-state index in [9.17, 15) is 9.59 Å². The lowest BCUT2D eigenvalue weighted by atomic mass is 9.90. The molecule has 1 aromatic heterocycles. The van der Waals surface area contributed by atoms with Gasteiger partial charge in [-0.05, 0) is 43.1 Å². The molecule has 2 heterocycles. The van der Waals surface area contributed by atoms with Crippen LogP contribution in [-0.2, 0) is 4.79 Å². The summed E-state index contributed by atoms with van der Waals surface area (Å²) in [6.45, 7) is 1.25. The van der Waals surface area contributed by atoms with Gasteiger partial charge in [0.25, 0.3) is 5.91 Å². The first-order valence-corrected chi connectivity index (χ1v) is 7.94. The molecule has 1 amide bonds. The minimum atomic E-state index is -0.694. The molecule has 0 aromatic carbocycles. The molecule has 2 aliphatic rings. The van der Waals surface area contributed by atoms with Crippen LogP contribution in [0.4, 0.5) is 0 Å². The Hall–Kier alpha value is -1.43. The normalized spacial score (nSPS) is 23.9. The summed E-state index contributed by atoms with van der Waals surface area (Å²) in [6, 6.07) is 3.50. The van der Waals surface area contributed by atoms with Crippen LogP contribution in [0.25, 0.3) is 0 Å². The first-order valence-electron chi connectivity index (χ1n) is 6.72. The van der Waals surface area contributed by atoms with E-state index in [0.717, 1.165) is 24.4 Å². The number of carboxylic acids is 1. The van der Waals surface area contributed by atoms with Crippen LogP contribution in [0.3, 0.4) is 0 Å². The first kappa shape index (κ1) is 13.5. The summed E-state index contributed by atoms with van der Waals surface area (Å²) in [5.41, 5.74) is -0.0454. The Morgan fingerprint density at radius 3 is 2.60 bits per heavy atom. The Morgan fingerprint density at radius 2 is 2.10 bits per heavy atom. The molecule has 1 saturated heterocycles. The monoisotopic (exact) mass is 295 g/mol. The van der Waals surface area contributed by atoms with E-state index in [1.165, 1.54) is 11.8 Å². The second kappa shape index (κ2) is 4.84. The zero-order chi connectivity index (χ0) is 14.3. The Kier molecular flexibility index (Phi) is 3.28. The Labute approximate surface area is 121 Å². The van der Waals surface area contributed by atoms with Crippen molar-refractivity contribution in [2.75, 3.05) is 19.3 Å². The van der Waals surface area contributed by atoms with Gasteiger partial charge in [0.1, 0.15) is 0 Å². The molecule has 2 fully saturated rings. The SMILES string of the molecule is CSc1ccc(C(=O)N2CCC3(CC2)CC3C(=O)O)o1. The second-order valence-corrected chi connectivity index (χ2v) is 6.38. The molecule has 0 bridgehead atoms. The lowest BCUT2D eigenvalue weighted by Gasteiger charge is -2.32. The lowest BCUT2D eigenvalue weighted by Crippen LogP contribution is -2.39. The summed E-state index contributed by atoms with van der Waals surface area (Å²) < 4.78 is 5.45. The molecule has 1 saturated carbocycles. The second-order valence-electron chi connectivity index (χ2n) is 5.57. The maximum Gasteiger partial charge on any atom is 0.307 e. The van der Waals surface area contributed by atoms with Crippen LogP contribution >= 0.6 is 11.8 Å². The van der Waals surface area contributed by atoms with Gasteiger partial charge < -0.3 is 14.4 Å². The Balaban J connectivity index is 1.61. The number of carboxylic acid groups (broad SMARTS) is 1. The predicted molar refractivity (Wildman–Crippen MR) is 73.8 cm³/mol. The zero-order valence-corrected chi connectivity index (χ0v) is 12.1. The highest BCUT2D eigenvalue weighted by Crippen LogP contribution is 2.59. The summed E-state index contributed by atoms with van der Waals surface area (Å²) in [5, 5.41) is 9.79. The fraction of sp³-hybridized carbons (Fsp3) is 0.571. The quantitative estimate of drug-likeness (QED) is 0.867. The molecular weight excluding hydrogens is 278 g/mol. The highest BCUT2D eigenvalue weighted by molar-refractivity contribution is 7.98. The molecule has 1 aliphatic heterocycles. The molecule has 20 heavy (non-hydrogen) atoms. The highest BCUT2D eigenvalue weighted by atomic mass is 32.2. The fourth-order valence-corrected chi connectivity index (χ4v) is 3.48. The average Bonchev–Trinajstić information content (AvgIpc) is 2.95. The third-order valence-corrected chi connectivity index (χ3v) is 5.15. The molecule has 1 spiro atoms. The van der Waals surface area contributed by atoms with Crippen LogP contribution < -0.4 is 0 Å². The van der Waals surface area contributed by atoms with E-state index < -0.39 is 5.97 Å². The Morgan fingerprint density at radius 1 is 1.40 bits per heavy atom. The van der Waals surface area contributed by atoms with E-state index in [-0.39, 0.29) is 17.2 Å². The van der Waals surface area contributed by atoms with Gasteiger partial charge in [-0.2, -0.15) is 0 Å². The number of carbonyl (C=O) groups excluding carboxylic acids is 1. The van der Waals surface area contributed by atoms with Gasteiger partial charge in [-0.25, -0.2) is 0 Å². The summed E-state index contributed by atoms with van der Waals surface area (Å²) in [7, 11) is 0. The molecule has 1 aliphatic carbocycles. The molecule has 108 valence electrons. The van der Waals surface area contributed by atoms with E-state index in [4.69, 9.17) is 9.52 Å². The lowest BCUT2D eigenvalue weighted by molar-refractivity contribution is -0.139. The van der Waals surface area contributed by atoms with E-state index in [1.807, 2.05) is 6.26 Å². The van der Waals surface area contributed by atoms with E-state index in [2.05, 4.69) is 0 Å². The third-order valence-electron chi connectivity index (χ3n) is 4.53. The number of nitrogens with zero attached hydrogens (tertiary/aromatic N) is 1. The number of piperidine rings is 1. The molecule has 1 aromatic rings. The number of amides is 1. The molecule has 1 unspecified atom stereocenters. The number of thioether (sulfide) groups is 1. The van der Waals surface area contributed by atoms with Crippen LogP contribution in [0, 0.1) is 11.3 Å². The molecule has 0 radical (unpaired) electrons. The zero-order valence-electron chi connectivity index (χ0n) is 11.3. The standard InChI is InChI=1S/C14H17NO4S/c1-20-11-3-2-10(19-11)12(16)15-6-4-14(5-7-15)8-9(14)13(17)18/h2-3,9H,4-8H2,1H3,(H,17,18). The molecule has 5 nitrogen and oxygen atoms in total. The minimum Gasteiger partial charge on any atom is -0.481 e. The van der Waals surface area contributed by atoms with Gasteiger partial charge in [0, 0.05) is 13.1 Å². The van der Waals surface area contributed by atoms with Crippen molar-refractivity contribution in [1.29, 1.82) is 0 Å². The third kappa shape index (κ3) is 2.22. The minimum absolute atomic E-state index is 0.0454. The molecule has 1 atom stereocenters.